The van der Waals surface area contributed by atoms with Crippen LogP contribution >= 0.6 is 27.5 Å². The van der Waals surface area contributed by atoms with Crippen LogP contribution in [-0.2, 0) is 9.59 Å². The van der Waals surface area contributed by atoms with Crippen LogP contribution in [0.1, 0.15) is 32.1 Å². The molecule has 0 saturated heterocycles. The third-order valence-electron chi connectivity index (χ3n) is 4.64. The minimum absolute atomic E-state index is 0.0522. The molecule has 5 nitrogen and oxygen atoms in total. The van der Waals surface area contributed by atoms with E-state index in [1.165, 1.54) is 6.42 Å². The lowest BCUT2D eigenvalue weighted by molar-refractivity contribution is -0.120. The summed E-state index contributed by atoms with van der Waals surface area (Å²) in [6.07, 6.45) is 5.31. The van der Waals surface area contributed by atoms with Gasteiger partial charge in [0, 0.05) is 21.8 Å². The monoisotopic (exact) mass is 464 g/mol. The Balaban J connectivity index is 1.53. The molecule has 0 heterocycles. The first-order chi connectivity index (χ1) is 13.5. The van der Waals surface area contributed by atoms with Gasteiger partial charge in [0.1, 0.15) is 5.75 Å². The molecule has 28 heavy (non-hydrogen) atoms. The van der Waals surface area contributed by atoms with Crippen LogP contribution in [0.2, 0.25) is 5.02 Å². The molecular weight excluding hydrogens is 444 g/mol. The molecule has 1 fully saturated rings. The Kier molecular flexibility index (Phi) is 7.34. The number of ether oxygens (including phenoxy) is 1. The number of nitrogens with one attached hydrogen (secondary N) is 2. The number of carbonyl (C=O) groups excluding carboxylic acids is 2. The highest BCUT2D eigenvalue weighted by atomic mass is 79.9. The van der Waals surface area contributed by atoms with Gasteiger partial charge in [-0.25, -0.2) is 0 Å². The lowest BCUT2D eigenvalue weighted by atomic mass is 9.88. The molecule has 2 amide bonds. The van der Waals surface area contributed by atoms with Gasteiger partial charge in [-0.3, -0.25) is 9.59 Å². The Bertz CT molecular complexity index is 853. The standard InChI is InChI=1S/C21H22BrClN2O3/c22-15-9-10-19(18(23)11-15)28-13-20(26)24-16-7-4-8-17(12-16)25-21(27)14-5-2-1-3-6-14/h4,7-12,14H,1-3,5-6,13H2,(H,24,26)(H,25,27). The van der Waals surface area contributed by atoms with E-state index in [0.717, 1.165) is 30.2 Å². The fourth-order valence-electron chi connectivity index (χ4n) is 3.22. The highest BCUT2D eigenvalue weighted by molar-refractivity contribution is 9.10. The van der Waals surface area contributed by atoms with Crippen LogP contribution in [0.3, 0.4) is 0 Å². The van der Waals surface area contributed by atoms with Crippen molar-refractivity contribution in [3.63, 3.8) is 0 Å². The molecule has 0 atom stereocenters. The predicted molar refractivity (Wildman–Crippen MR) is 115 cm³/mol. The van der Waals surface area contributed by atoms with Crippen molar-refractivity contribution >= 4 is 50.7 Å². The minimum atomic E-state index is -0.310. The van der Waals surface area contributed by atoms with Crippen LogP contribution in [-0.4, -0.2) is 18.4 Å². The lowest BCUT2D eigenvalue weighted by Crippen LogP contribution is -2.25. The zero-order chi connectivity index (χ0) is 19.9. The quantitative estimate of drug-likeness (QED) is 0.580. The van der Waals surface area contributed by atoms with Gasteiger partial charge in [-0.1, -0.05) is 52.9 Å². The molecular formula is C21H22BrClN2O3. The number of halogens is 2. The summed E-state index contributed by atoms with van der Waals surface area (Å²) in [6.45, 7) is -0.167. The molecule has 0 unspecified atom stereocenters. The number of benzene rings is 2. The molecule has 0 radical (unpaired) electrons. The van der Waals surface area contributed by atoms with Gasteiger partial charge >= 0.3 is 0 Å². The second-order valence-electron chi connectivity index (χ2n) is 6.82. The number of anilines is 2. The Morgan fingerprint density at radius 2 is 1.75 bits per heavy atom. The number of amides is 2. The molecule has 7 heteroatoms. The van der Waals surface area contributed by atoms with Crippen molar-refractivity contribution in [2.75, 3.05) is 17.2 Å². The average molecular weight is 466 g/mol. The van der Waals surface area contributed by atoms with Gasteiger partial charge in [-0.15, -0.1) is 0 Å². The summed E-state index contributed by atoms with van der Waals surface area (Å²) in [6, 6.07) is 12.3. The molecule has 3 rings (SSSR count). The summed E-state index contributed by atoms with van der Waals surface area (Å²) >= 11 is 9.40. The number of hydrogen-bond acceptors (Lipinski definition) is 3. The van der Waals surface area contributed by atoms with Crippen molar-refractivity contribution < 1.29 is 14.3 Å². The fraction of sp³-hybridized carbons (Fsp3) is 0.333. The van der Waals surface area contributed by atoms with Crippen LogP contribution in [0, 0.1) is 5.92 Å². The van der Waals surface area contributed by atoms with E-state index in [1.807, 2.05) is 6.07 Å². The maximum atomic E-state index is 12.4. The summed E-state index contributed by atoms with van der Waals surface area (Å²) in [5, 5.41) is 6.15. The predicted octanol–water partition coefficient (Wildman–Crippen LogP) is 5.64. The first-order valence-corrected chi connectivity index (χ1v) is 10.5. The average Bonchev–Trinajstić information content (AvgIpc) is 2.68. The first-order valence-electron chi connectivity index (χ1n) is 9.30. The molecule has 2 aromatic carbocycles. The number of carbonyl (C=O) groups is 2. The second-order valence-corrected chi connectivity index (χ2v) is 8.14. The van der Waals surface area contributed by atoms with Gasteiger partial charge < -0.3 is 15.4 Å². The maximum Gasteiger partial charge on any atom is 0.262 e. The van der Waals surface area contributed by atoms with Crippen molar-refractivity contribution in [2.24, 2.45) is 5.92 Å². The summed E-state index contributed by atoms with van der Waals surface area (Å²) in [5.74, 6) is 0.260. The molecule has 1 saturated carbocycles. The van der Waals surface area contributed by atoms with Crippen molar-refractivity contribution in [2.45, 2.75) is 32.1 Å². The van der Waals surface area contributed by atoms with Crippen molar-refractivity contribution in [1.29, 1.82) is 0 Å². The molecule has 0 bridgehead atoms. The summed E-state index contributed by atoms with van der Waals surface area (Å²) < 4.78 is 6.30. The summed E-state index contributed by atoms with van der Waals surface area (Å²) in [7, 11) is 0. The Morgan fingerprint density at radius 1 is 1.04 bits per heavy atom. The van der Waals surface area contributed by atoms with Gasteiger partial charge in [-0.05, 0) is 49.2 Å². The van der Waals surface area contributed by atoms with Gasteiger partial charge in [0.15, 0.2) is 6.61 Å². The zero-order valence-corrected chi connectivity index (χ0v) is 17.7. The SMILES string of the molecule is O=C(COc1ccc(Br)cc1Cl)Nc1cccc(NC(=O)C2CCCCC2)c1. The van der Waals surface area contributed by atoms with Crippen molar-refractivity contribution in [3.8, 4) is 5.75 Å². The van der Waals surface area contributed by atoms with Crippen LogP contribution in [0.15, 0.2) is 46.9 Å². The Morgan fingerprint density at radius 3 is 2.46 bits per heavy atom. The van der Waals surface area contributed by atoms with Crippen LogP contribution in [0.5, 0.6) is 5.75 Å². The van der Waals surface area contributed by atoms with E-state index in [2.05, 4.69) is 26.6 Å². The lowest BCUT2D eigenvalue weighted by Gasteiger charge is -2.20. The summed E-state index contributed by atoms with van der Waals surface area (Å²) in [4.78, 5) is 24.6. The van der Waals surface area contributed by atoms with Gasteiger partial charge in [-0.2, -0.15) is 0 Å². The van der Waals surface area contributed by atoms with Crippen molar-refractivity contribution in [3.05, 3.63) is 52.0 Å². The second kappa shape index (κ2) is 9.94. The van der Waals surface area contributed by atoms with Gasteiger partial charge in [0.2, 0.25) is 5.91 Å². The molecule has 1 aliphatic carbocycles. The third kappa shape index (κ3) is 5.97. The summed E-state index contributed by atoms with van der Waals surface area (Å²) in [5.41, 5.74) is 1.27. The van der Waals surface area contributed by atoms with E-state index >= 15 is 0 Å². The van der Waals surface area contributed by atoms with Crippen molar-refractivity contribution in [1.82, 2.24) is 0 Å². The van der Waals surface area contributed by atoms with E-state index in [-0.39, 0.29) is 24.3 Å². The number of hydrogen-bond donors (Lipinski definition) is 2. The molecule has 2 aromatic rings. The van der Waals surface area contributed by atoms with E-state index in [0.29, 0.717) is 22.1 Å². The smallest absolute Gasteiger partial charge is 0.262 e. The molecule has 0 spiro atoms. The number of rotatable bonds is 6. The third-order valence-corrected chi connectivity index (χ3v) is 5.43. The van der Waals surface area contributed by atoms with Gasteiger partial charge in [0.25, 0.3) is 5.91 Å². The van der Waals surface area contributed by atoms with E-state index in [4.69, 9.17) is 16.3 Å². The molecule has 1 aliphatic rings. The van der Waals surface area contributed by atoms with E-state index in [1.54, 1.807) is 36.4 Å². The molecule has 148 valence electrons. The Hall–Kier alpha value is -2.05. The largest absolute Gasteiger partial charge is 0.482 e. The molecule has 0 aromatic heterocycles. The van der Waals surface area contributed by atoms with Gasteiger partial charge in [0.05, 0.1) is 5.02 Å². The molecule has 0 aliphatic heterocycles. The first kappa shape index (κ1) is 20.7. The van der Waals surface area contributed by atoms with Crippen LogP contribution in [0.4, 0.5) is 11.4 Å². The fourth-order valence-corrected chi connectivity index (χ4v) is 3.94. The maximum absolute atomic E-state index is 12.4. The highest BCUT2D eigenvalue weighted by Gasteiger charge is 2.21. The normalized spacial score (nSPS) is 14.4. The topological polar surface area (TPSA) is 67.4 Å². The van der Waals surface area contributed by atoms with E-state index in [9.17, 15) is 9.59 Å². The van der Waals surface area contributed by atoms with Crippen LogP contribution in [0.25, 0.3) is 0 Å². The molecule has 2 N–H and O–H groups in total. The zero-order valence-electron chi connectivity index (χ0n) is 15.3. The Labute approximate surface area is 177 Å². The minimum Gasteiger partial charge on any atom is -0.482 e. The van der Waals surface area contributed by atoms with Crippen LogP contribution < -0.4 is 15.4 Å². The van der Waals surface area contributed by atoms with E-state index < -0.39 is 0 Å². The highest BCUT2D eigenvalue weighted by Crippen LogP contribution is 2.28.